The summed E-state index contributed by atoms with van der Waals surface area (Å²) in [5, 5.41) is 4.03. The highest BCUT2D eigenvalue weighted by atomic mass is 16.7. The lowest BCUT2D eigenvalue weighted by Crippen LogP contribution is -2.04. The van der Waals surface area contributed by atoms with Gasteiger partial charge in [0.15, 0.2) is 0 Å². The number of carbonyl (C=O) groups excluding carboxylic acids is 1. The Morgan fingerprint density at radius 3 is 2.95 bits per heavy atom. The number of nitrogens with zero attached hydrogens (tertiary/aromatic N) is 1. The number of hydrogen-bond donors (Lipinski definition) is 0. The molecule has 19 heavy (non-hydrogen) atoms. The molecular formula is C16H15NO2. The van der Waals surface area contributed by atoms with Crippen molar-refractivity contribution < 1.29 is 9.63 Å². The zero-order chi connectivity index (χ0) is 13.2. The maximum Gasteiger partial charge on any atom is 0.365 e. The Morgan fingerprint density at radius 1 is 1.32 bits per heavy atom. The van der Waals surface area contributed by atoms with Crippen LogP contribution in [0.15, 0.2) is 53.2 Å². The van der Waals surface area contributed by atoms with Gasteiger partial charge < -0.3 is 4.84 Å². The van der Waals surface area contributed by atoms with Crippen molar-refractivity contribution in [3.05, 3.63) is 59.2 Å². The fraction of sp³-hybridized carbons (Fsp3) is 0.250. The summed E-state index contributed by atoms with van der Waals surface area (Å²) in [6, 6.07) is 8.10. The first-order valence-corrected chi connectivity index (χ1v) is 6.50. The smallest absolute Gasteiger partial charge is 0.313 e. The lowest BCUT2D eigenvalue weighted by atomic mass is 10.1. The number of benzene rings is 1. The first-order chi connectivity index (χ1) is 9.24. The van der Waals surface area contributed by atoms with Crippen molar-refractivity contribution in [1.29, 1.82) is 0 Å². The van der Waals surface area contributed by atoms with Crippen molar-refractivity contribution in [3.63, 3.8) is 0 Å². The monoisotopic (exact) mass is 253 g/mol. The van der Waals surface area contributed by atoms with Crippen LogP contribution in [0.25, 0.3) is 0 Å². The van der Waals surface area contributed by atoms with Gasteiger partial charge in [-0.15, -0.1) is 0 Å². The van der Waals surface area contributed by atoms with Crippen LogP contribution in [-0.4, -0.2) is 11.7 Å². The zero-order valence-corrected chi connectivity index (χ0v) is 10.8. The molecule has 0 aliphatic heterocycles. The fourth-order valence-corrected chi connectivity index (χ4v) is 2.44. The van der Waals surface area contributed by atoms with E-state index in [1.807, 2.05) is 37.3 Å². The molecule has 0 N–H and O–H groups in total. The number of oxime groups is 1. The molecule has 0 spiro atoms. The van der Waals surface area contributed by atoms with Gasteiger partial charge in [0.1, 0.15) is 0 Å². The first-order valence-electron chi connectivity index (χ1n) is 6.50. The first kappa shape index (κ1) is 11.9. The molecular weight excluding hydrogens is 238 g/mol. The van der Waals surface area contributed by atoms with E-state index in [0.29, 0.717) is 11.5 Å². The van der Waals surface area contributed by atoms with Crippen LogP contribution in [0.2, 0.25) is 0 Å². The van der Waals surface area contributed by atoms with Gasteiger partial charge in [0.05, 0.1) is 11.3 Å². The maximum atomic E-state index is 11.8. The van der Waals surface area contributed by atoms with Crippen LogP contribution < -0.4 is 0 Å². The van der Waals surface area contributed by atoms with Crippen molar-refractivity contribution in [3.8, 4) is 0 Å². The summed E-state index contributed by atoms with van der Waals surface area (Å²) in [7, 11) is 0. The van der Waals surface area contributed by atoms with Gasteiger partial charge in [0, 0.05) is 5.56 Å². The topological polar surface area (TPSA) is 38.7 Å². The molecule has 2 aliphatic carbocycles. The van der Waals surface area contributed by atoms with Crippen LogP contribution in [-0.2, 0) is 16.1 Å². The number of allylic oxidation sites excluding steroid dienone is 2. The number of carbonyl (C=O) groups is 1. The lowest BCUT2D eigenvalue weighted by Gasteiger charge is -2.00. The van der Waals surface area contributed by atoms with Crippen LogP contribution in [0.1, 0.15) is 24.5 Å². The van der Waals surface area contributed by atoms with E-state index in [2.05, 4.69) is 11.2 Å². The van der Waals surface area contributed by atoms with Gasteiger partial charge in [-0.25, -0.2) is 4.79 Å². The molecule has 0 saturated carbocycles. The highest BCUT2D eigenvalue weighted by Crippen LogP contribution is 2.22. The Labute approximate surface area is 112 Å². The molecule has 0 saturated heterocycles. The summed E-state index contributed by atoms with van der Waals surface area (Å²) in [5.74, 6) is -0.0834. The minimum atomic E-state index is -0.377. The third-order valence-corrected chi connectivity index (χ3v) is 3.46. The van der Waals surface area contributed by atoms with Crippen molar-refractivity contribution in [1.82, 2.24) is 0 Å². The van der Waals surface area contributed by atoms with E-state index in [1.54, 1.807) is 6.08 Å². The van der Waals surface area contributed by atoms with Gasteiger partial charge in [-0.05, 0) is 24.3 Å². The summed E-state index contributed by atoms with van der Waals surface area (Å²) in [5.41, 5.74) is 3.81. The Bertz CT molecular complexity index is 611. The van der Waals surface area contributed by atoms with Crippen LogP contribution in [0.4, 0.5) is 0 Å². The molecule has 1 unspecified atom stereocenters. The quantitative estimate of drug-likeness (QED) is 0.600. The second-order valence-corrected chi connectivity index (χ2v) is 4.91. The largest absolute Gasteiger partial charge is 0.365 e. The van der Waals surface area contributed by atoms with Gasteiger partial charge in [-0.3, -0.25) is 0 Å². The molecule has 2 aliphatic rings. The van der Waals surface area contributed by atoms with E-state index in [1.165, 1.54) is 5.56 Å². The highest BCUT2D eigenvalue weighted by molar-refractivity contribution is 6.04. The van der Waals surface area contributed by atoms with E-state index in [9.17, 15) is 4.79 Å². The third-order valence-electron chi connectivity index (χ3n) is 3.46. The molecule has 3 heteroatoms. The summed E-state index contributed by atoms with van der Waals surface area (Å²) in [4.78, 5) is 16.9. The number of rotatable bonds is 2. The Morgan fingerprint density at radius 2 is 2.16 bits per heavy atom. The molecule has 3 rings (SSSR count). The van der Waals surface area contributed by atoms with E-state index in [0.717, 1.165) is 24.1 Å². The zero-order valence-electron chi connectivity index (χ0n) is 10.8. The van der Waals surface area contributed by atoms with E-state index in [-0.39, 0.29) is 5.97 Å². The fourth-order valence-electron chi connectivity index (χ4n) is 2.44. The normalized spacial score (nSPS) is 22.5. The molecule has 1 aromatic rings. The second kappa shape index (κ2) is 4.84. The number of aryl methyl sites for hydroxylation is 1. The molecule has 0 radical (unpaired) electrons. The third kappa shape index (κ3) is 2.36. The average Bonchev–Trinajstić information content (AvgIpc) is 3.02. The Kier molecular flexibility index (Phi) is 3.03. The Hall–Kier alpha value is -2.16. The molecule has 0 heterocycles. The maximum absolute atomic E-state index is 11.8. The molecule has 96 valence electrons. The molecule has 0 bridgehead atoms. The molecule has 0 amide bonds. The minimum Gasteiger partial charge on any atom is -0.313 e. The van der Waals surface area contributed by atoms with Gasteiger partial charge in [0.2, 0.25) is 0 Å². The van der Waals surface area contributed by atoms with Crippen LogP contribution >= 0.6 is 0 Å². The molecule has 1 aromatic carbocycles. The lowest BCUT2D eigenvalue weighted by molar-refractivity contribution is -0.138. The average molecular weight is 253 g/mol. The standard InChI is InChI=1S/C16H15NO2/c1-11-6-7-13(10-11)16(18)19-17-15-9-8-12-4-2-3-5-14(12)15/h2-7,10-11H,8-9H2,1H3/b17-15+. The van der Waals surface area contributed by atoms with Crippen LogP contribution in [0, 0.1) is 5.92 Å². The number of fused-ring (bicyclic) bond motifs is 1. The van der Waals surface area contributed by atoms with E-state index in [4.69, 9.17) is 4.84 Å². The van der Waals surface area contributed by atoms with Crippen molar-refractivity contribution in [2.24, 2.45) is 11.1 Å². The van der Waals surface area contributed by atoms with Crippen molar-refractivity contribution in [2.75, 3.05) is 0 Å². The molecule has 0 fully saturated rings. The summed E-state index contributed by atoms with van der Waals surface area (Å²) < 4.78 is 0. The van der Waals surface area contributed by atoms with E-state index >= 15 is 0 Å². The van der Waals surface area contributed by atoms with Crippen molar-refractivity contribution in [2.45, 2.75) is 19.8 Å². The van der Waals surface area contributed by atoms with Gasteiger partial charge in [-0.2, -0.15) is 0 Å². The summed E-state index contributed by atoms with van der Waals surface area (Å²) in [6.07, 6.45) is 7.43. The van der Waals surface area contributed by atoms with E-state index < -0.39 is 0 Å². The predicted octanol–water partition coefficient (Wildman–Crippen LogP) is 3.01. The van der Waals surface area contributed by atoms with Crippen LogP contribution in [0.5, 0.6) is 0 Å². The second-order valence-electron chi connectivity index (χ2n) is 4.91. The van der Waals surface area contributed by atoms with Crippen LogP contribution in [0.3, 0.4) is 0 Å². The van der Waals surface area contributed by atoms with Crippen molar-refractivity contribution >= 4 is 11.7 Å². The minimum absolute atomic E-state index is 0.294. The Balaban J connectivity index is 1.73. The summed E-state index contributed by atoms with van der Waals surface area (Å²) >= 11 is 0. The highest BCUT2D eigenvalue weighted by Gasteiger charge is 2.19. The van der Waals surface area contributed by atoms with Gasteiger partial charge in [-0.1, -0.05) is 54.6 Å². The van der Waals surface area contributed by atoms with Gasteiger partial charge in [0.25, 0.3) is 0 Å². The SMILES string of the molecule is CC1C=CC(C(=O)O/N=C2\CCc3ccccc32)=C1. The molecule has 1 atom stereocenters. The summed E-state index contributed by atoms with van der Waals surface area (Å²) in [6.45, 7) is 2.02. The molecule has 3 nitrogen and oxygen atoms in total. The predicted molar refractivity (Wildman–Crippen MR) is 73.8 cm³/mol. The number of hydrogen-bond acceptors (Lipinski definition) is 3. The van der Waals surface area contributed by atoms with Gasteiger partial charge >= 0.3 is 5.97 Å². The molecule has 0 aromatic heterocycles.